The first-order valence-corrected chi connectivity index (χ1v) is 6.90. The number of non-ortho nitro benzene ring substituents is 1. The number of benzene rings is 1. The molecule has 1 rings (SSSR count). The molecule has 0 aromatic heterocycles. The van der Waals surface area contributed by atoms with E-state index >= 15 is 0 Å². The van der Waals surface area contributed by atoms with Gasteiger partial charge in [-0.15, -0.1) is 0 Å². The minimum atomic E-state index is -0.798. The largest absolute Gasteiger partial charge is 0.513 e. The number of unbranched alkanes of at least 4 members (excludes halogenated alkanes) is 2. The predicted molar refractivity (Wildman–Crippen MR) is 72.7 cm³/mol. The summed E-state index contributed by atoms with van der Waals surface area (Å²) in [4.78, 5) is 21.2. The van der Waals surface area contributed by atoms with E-state index in [4.69, 9.17) is 9.47 Å². The Morgan fingerprint density at radius 2 is 1.89 bits per heavy atom. The zero-order chi connectivity index (χ0) is 14.1. The van der Waals surface area contributed by atoms with Crippen LogP contribution in [0.15, 0.2) is 24.3 Å². The summed E-state index contributed by atoms with van der Waals surface area (Å²) < 4.78 is 9.72. The summed E-state index contributed by atoms with van der Waals surface area (Å²) >= 11 is 3.31. The summed E-state index contributed by atoms with van der Waals surface area (Å²) in [5.74, 6) is 0.219. The van der Waals surface area contributed by atoms with Gasteiger partial charge in [-0.25, -0.2) is 4.79 Å². The molecule has 104 valence electrons. The van der Waals surface area contributed by atoms with Gasteiger partial charge in [0.25, 0.3) is 5.69 Å². The number of ether oxygens (including phenoxy) is 2. The number of hydrogen-bond donors (Lipinski definition) is 0. The fourth-order valence-corrected chi connectivity index (χ4v) is 1.69. The van der Waals surface area contributed by atoms with E-state index in [1.54, 1.807) is 0 Å². The van der Waals surface area contributed by atoms with Crippen LogP contribution in [-0.4, -0.2) is 23.0 Å². The van der Waals surface area contributed by atoms with Gasteiger partial charge in [-0.2, -0.15) is 0 Å². The monoisotopic (exact) mass is 331 g/mol. The Morgan fingerprint density at radius 3 is 2.47 bits per heavy atom. The number of nitrogens with zero attached hydrogens (tertiary/aromatic N) is 1. The third-order valence-electron chi connectivity index (χ3n) is 2.25. The molecule has 0 aliphatic carbocycles. The molecule has 0 bridgehead atoms. The standard InChI is InChI=1S/C12H14BrNO5/c13-8-2-1-3-9-18-12(15)19-11-6-4-10(5-7-11)14(16)17/h4-7H,1-3,8-9H2. The quantitative estimate of drug-likeness (QED) is 0.190. The molecule has 6 nitrogen and oxygen atoms in total. The Labute approximate surface area is 119 Å². The lowest BCUT2D eigenvalue weighted by Crippen LogP contribution is -2.11. The van der Waals surface area contributed by atoms with Crippen LogP contribution in [-0.2, 0) is 4.74 Å². The Kier molecular flexibility index (Phi) is 6.88. The normalized spacial score (nSPS) is 9.95. The highest BCUT2D eigenvalue weighted by Crippen LogP contribution is 2.17. The summed E-state index contributed by atoms with van der Waals surface area (Å²) in [6.45, 7) is 0.304. The molecule has 0 spiro atoms. The van der Waals surface area contributed by atoms with E-state index in [0.29, 0.717) is 6.61 Å². The Hall–Kier alpha value is -1.63. The van der Waals surface area contributed by atoms with Crippen LogP contribution in [0.3, 0.4) is 0 Å². The highest BCUT2D eigenvalue weighted by Gasteiger charge is 2.08. The van der Waals surface area contributed by atoms with Gasteiger partial charge in [0.1, 0.15) is 5.75 Å². The van der Waals surface area contributed by atoms with Gasteiger partial charge in [0.2, 0.25) is 0 Å². The van der Waals surface area contributed by atoms with Gasteiger partial charge in [0.15, 0.2) is 0 Å². The molecule has 0 N–H and O–H groups in total. The second kappa shape index (κ2) is 8.47. The first-order chi connectivity index (χ1) is 9.13. The number of nitro groups is 1. The predicted octanol–water partition coefficient (Wildman–Crippen LogP) is 3.68. The van der Waals surface area contributed by atoms with E-state index in [-0.39, 0.29) is 11.4 Å². The van der Waals surface area contributed by atoms with Gasteiger partial charge in [0.05, 0.1) is 11.5 Å². The van der Waals surface area contributed by atoms with E-state index in [1.807, 2.05) is 0 Å². The van der Waals surface area contributed by atoms with Gasteiger partial charge in [-0.1, -0.05) is 15.9 Å². The molecule has 1 aromatic rings. The molecule has 0 radical (unpaired) electrons. The van der Waals surface area contributed by atoms with E-state index in [0.717, 1.165) is 24.6 Å². The van der Waals surface area contributed by atoms with Gasteiger partial charge in [-0.3, -0.25) is 10.1 Å². The molecule has 0 fully saturated rings. The average Bonchev–Trinajstić information content (AvgIpc) is 2.39. The summed E-state index contributed by atoms with van der Waals surface area (Å²) in [5.41, 5.74) is -0.0597. The topological polar surface area (TPSA) is 78.7 Å². The summed E-state index contributed by atoms with van der Waals surface area (Å²) in [7, 11) is 0. The zero-order valence-electron chi connectivity index (χ0n) is 10.2. The van der Waals surface area contributed by atoms with Crippen molar-refractivity contribution in [1.82, 2.24) is 0 Å². The van der Waals surface area contributed by atoms with Crippen LogP contribution in [0.4, 0.5) is 10.5 Å². The molecule has 0 amide bonds. The van der Waals surface area contributed by atoms with Gasteiger partial charge >= 0.3 is 6.16 Å². The summed E-state index contributed by atoms with van der Waals surface area (Å²) in [6, 6.07) is 5.23. The van der Waals surface area contributed by atoms with Crippen molar-refractivity contribution in [2.24, 2.45) is 0 Å². The molecule has 7 heteroatoms. The molecular weight excluding hydrogens is 318 g/mol. The lowest BCUT2D eigenvalue weighted by Gasteiger charge is -2.05. The Balaban J connectivity index is 2.30. The van der Waals surface area contributed by atoms with Crippen LogP contribution in [0.1, 0.15) is 19.3 Å². The van der Waals surface area contributed by atoms with Crippen LogP contribution < -0.4 is 4.74 Å². The molecule has 0 saturated carbocycles. The second-order valence-corrected chi connectivity index (χ2v) is 4.49. The summed E-state index contributed by atoms with van der Waals surface area (Å²) in [5, 5.41) is 11.4. The smallest absolute Gasteiger partial charge is 0.434 e. The first-order valence-electron chi connectivity index (χ1n) is 5.78. The maximum Gasteiger partial charge on any atom is 0.513 e. The number of hydrogen-bond acceptors (Lipinski definition) is 5. The van der Waals surface area contributed by atoms with Crippen LogP contribution in [0.5, 0.6) is 5.75 Å². The molecule has 0 heterocycles. The minimum Gasteiger partial charge on any atom is -0.434 e. The average molecular weight is 332 g/mol. The van der Waals surface area contributed by atoms with Crippen molar-refractivity contribution in [2.45, 2.75) is 19.3 Å². The second-order valence-electron chi connectivity index (χ2n) is 3.70. The Bertz CT molecular complexity index is 421. The van der Waals surface area contributed by atoms with E-state index < -0.39 is 11.1 Å². The van der Waals surface area contributed by atoms with Crippen molar-refractivity contribution in [3.63, 3.8) is 0 Å². The molecule has 0 aliphatic heterocycles. The zero-order valence-corrected chi connectivity index (χ0v) is 11.8. The third kappa shape index (κ3) is 6.19. The molecular formula is C12H14BrNO5. The van der Waals surface area contributed by atoms with Crippen LogP contribution in [0.25, 0.3) is 0 Å². The SMILES string of the molecule is O=C(OCCCCCBr)Oc1ccc([N+](=O)[O-])cc1. The number of nitro benzene ring substituents is 1. The van der Waals surface area contributed by atoms with Crippen molar-refractivity contribution >= 4 is 27.8 Å². The van der Waals surface area contributed by atoms with Gasteiger partial charge in [0, 0.05) is 17.5 Å². The number of carbonyl (C=O) groups is 1. The van der Waals surface area contributed by atoms with Crippen molar-refractivity contribution < 1.29 is 19.2 Å². The number of carbonyl (C=O) groups excluding carboxylic acids is 1. The molecule has 0 aliphatic rings. The maximum atomic E-state index is 11.3. The van der Waals surface area contributed by atoms with Crippen molar-refractivity contribution in [3.8, 4) is 5.75 Å². The molecule has 1 aromatic carbocycles. The fraction of sp³-hybridized carbons (Fsp3) is 0.417. The number of halogens is 1. The van der Waals surface area contributed by atoms with Crippen molar-refractivity contribution in [2.75, 3.05) is 11.9 Å². The van der Waals surface area contributed by atoms with E-state index in [1.165, 1.54) is 24.3 Å². The number of rotatable bonds is 7. The van der Waals surface area contributed by atoms with Gasteiger partial charge in [-0.05, 0) is 31.4 Å². The Morgan fingerprint density at radius 1 is 1.21 bits per heavy atom. The molecule has 19 heavy (non-hydrogen) atoms. The number of alkyl halides is 1. The third-order valence-corrected chi connectivity index (χ3v) is 2.81. The molecule has 0 saturated heterocycles. The maximum absolute atomic E-state index is 11.3. The van der Waals surface area contributed by atoms with Crippen molar-refractivity contribution in [3.05, 3.63) is 34.4 Å². The van der Waals surface area contributed by atoms with Gasteiger partial charge < -0.3 is 9.47 Å². The lowest BCUT2D eigenvalue weighted by atomic mass is 10.3. The molecule has 0 atom stereocenters. The van der Waals surface area contributed by atoms with Crippen LogP contribution in [0, 0.1) is 10.1 Å². The highest BCUT2D eigenvalue weighted by atomic mass is 79.9. The van der Waals surface area contributed by atoms with E-state index in [9.17, 15) is 14.9 Å². The fourth-order valence-electron chi connectivity index (χ4n) is 1.29. The van der Waals surface area contributed by atoms with E-state index in [2.05, 4.69) is 15.9 Å². The summed E-state index contributed by atoms with van der Waals surface area (Å²) in [6.07, 6.45) is 1.98. The van der Waals surface area contributed by atoms with Crippen LogP contribution in [0.2, 0.25) is 0 Å². The minimum absolute atomic E-state index is 0.0597. The first kappa shape index (κ1) is 15.4. The highest BCUT2D eigenvalue weighted by molar-refractivity contribution is 9.09. The lowest BCUT2D eigenvalue weighted by molar-refractivity contribution is -0.384. The van der Waals surface area contributed by atoms with Crippen LogP contribution >= 0.6 is 15.9 Å². The molecule has 0 unspecified atom stereocenters. The van der Waals surface area contributed by atoms with Crippen molar-refractivity contribution in [1.29, 1.82) is 0 Å².